The maximum absolute atomic E-state index is 12.2. The summed E-state index contributed by atoms with van der Waals surface area (Å²) in [4.78, 5) is 17.6. The summed E-state index contributed by atoms with van der Waals surface area (Å²) in [6.45, 7) is 7.31. The number of anilines is 1. The molecule has 0 aliphatic rings. The number of sulfonamides is 1. The zero-order valence-corrected chi connectivity index (χ0v) is 15.0. The van der Waals surface area contributed by atoms with Crippen molar-refractivity contribution in [2.45, 2.75) is 38.6 Å². The molecular weight excluding hydrogens is 334 g/mol. The Morgan fingerprint density at radius 3 is 2.26 bits per heavy atom. The number of benzene rings is 1. The molecule has 0 saturated heterocycles. The molecule has 0 atom stereocenters. The van der Waals surface area contributed by atoms with Crippen LogP contribution >= 0.6 is 11.3 Å². The van der Waals surface area contributed by atoms with Crippen LogP contribution in [0.5, 0.6) is 0 Å². The third kappa shape index (κ3) is 4.37. The standard InChI is InChI=1S/C15H19N3O3S2/c1-9(2)18-23(20,21)13-7-5-12(6-8-13)14(19)17-15-16-10(3)11(4)22-15/h5-9,18H,1-4H3,(H,16,17,19). The molecule has 0 bridgehead atoms. The number of hydrogen-bond donors (Lipinski definition) is 2. The number of nitrogens with one attached hydrogen (secondary N) is 2. The van der Waals surface area contributed by atoms with Gasteiger partial charge in [-0.1, -0.05) is 0 Å². The van der Waals surface area contributed by atoms with Crippen LogP contribution < -0.4 is 10.0 Å². The van der Waals surface area contributed by atoms with Crippen LogP contribution in [-0.2, 0) is 10.0 Å². The molecule has 1 aromatic heterocycles. The molecule has 0 radical (unpaired) electrons. The van der Waals surface area contributed by atoms with Gasteiger partial charge in [-0.3, -0.25) is 10.1 Å². The molecule has 0 spiro atoms. The van der Waals surface area contributed by atoms with E-state index in [1.165, 1.54) is 35.6 Å². The molecule has 23 heavy (non-hydrogen) atoms. The second-order valence-corrected chi connectivity index (χ2v) is 8.33. The Kier molecular flexibility index (Phi) is 5.18. The fourth-order valence-corrected chi connectivity index (χ4v) is 3.92. The van der Waals surface area contributed by atoms with E-state index in [0.717, 1.165) is 10.6 Å². The SMILES string of the molecule is Cc1nc(NC(=O)c2ccc(S(=O)(=O)NC(C)C)cc2)sc1C. The fraction of sp³-hybridized carbons (Fsp3) is 0.333. The van der Waals surface area contributed by atoms with Crippen molar-refractivity contribution >= 4 is 32.4 Å². The summed E-state index contributed by atoms with van der Waals surface area (Å²) in [5, 5.41) is 3.24. The Balaban J connectivity index is 2.14. The van der Waals surface area contributed by atoms with Crippen LogP contribution in [0.25, 0.3) is 0 Å². The highest BCUT2D eigenvalue weighted by molar-refractivity contribution is 7.89. The lowest BCUT2D eigenvalue weighted by molar-refractivity contribution is 0.102. The van der Waals surface area contributed by atoms with Crippen LogP contribution in [-0.4, -0.2) is 25.4 Å². The van der Waals surface area contributed by atoms with Crippen LogP contribution in [0.15, 0.2) is 29.2 Å². The topological polar surface area (TPSA) is 88.2 Å². The minimum absolute atomic E-state index is 0.128. The molecule has 2 rings (SSSR count). The van der Waals surface area contributed by atoms with Crippen molar-refractivity contribution in [3.05, 3.63) is 40.4 Å². The van der Waals surface area contributed by atoms with Gasteiger partial charge >= 0.3 is 0 Å². The predicted molar refractivity (Wildman–Crippen MR) is 91.4 cm³/mol. The molecular formula is C15H19N3O3S2. The predicted octanol–water partition coefficient (Wildman–Crippen LogP) is 2.70. The highest BCUT2D eigenvalue weighted by Gasteiger charge is 2.16. The van der Waals surface area contributed by atoms with E-state index < -0.39 is 10.0 Å². The molecule has 124 valence electrons. The number of amides is 1. The van der Waals surface area contributed by atoms with Crippen LogP contribution in [0.3, 0.4) is 0 Å². The molecule has 1 aromatic carbocycles. The van der Waals surface area contributed by atoms with Crippen LogP contribution in [0, 0.1) is 13.8 Å². The minimum Gasteiger partial charge on any atom is -0.298 e. The zero-order valence-electron chi connectivity index (χ0n) is 13.4. The maximum atomic E-state index is 12.2. The summed E-state index contributed by atoms with van der Waals surface area (Å²) in [6, 6.07) is 5.60. The largest absolute Gasteiger partial charge is 0.298 e. The van der Waals surface area contributed by atoms with Gasteiger partial charge in [-0.05, 0) is 52.0 Å². The van der Waals surface area contributed by atoms with Gasteiger partial charge in [-0.25, -0.2) is 18.1 Å². The van der Waals surface area contributed by atoms with E-state index in [4.69, 9.17) is 0 Å². The highest BCUT2D eigenvalue weighted by atomic mass is 32.2. The first kappa shape index (κ1) is 17.6. The van der Waals surface area contributed by atoms with Gasteiger partial charge < -0.3 is 0 Å². The Hall–Kier alpha value is -1.77. The molecule has 1 amide bonds. The molecule has 0 unspecified atom stereocenters. The van der Waals surface area contributed by atoms with Crippen LogP contribution in [0.4, 0.5) is 5.13 Å². The van der Waals surface area contributed by atoms with E-state index in [0.29, 0.717) is 10.7 Å². The molecule has 1 heterocycles. The second-order valence-electron chi connectivity index (χ2n) is 5.42. The molecule has 0 aliphatic heterocycles. The summed E-state index contributed by atoms with van der Waals surface area (Å²) in [6.07, 6.45) is 0. The van der Waals surface area contributed by atoms with Gasteiger partial charge in [0, 0.05) is 16.5 Å². The number of nitrogens with zero attached hydrogens (tertiary/aromatic N) is 1. The summed E-state index contributed by atoms with van der Waals surface area (Å²) >= 11 is 1.40. The molecule has 0 saturated carbocycles. The minimum atomic E-state index is -3.56. The second kappa shape index (κ2) is 6.77. The van der Waals surface area contributed by atoms with Gasteiger partial charge in [-0.15, -0.1) is 11.3 Å². The van der Waals surface area contributed by atoms with Crippen molar-refractivity contribution in [3.63, 3.8) is 0 Å². The van der Waals surface area contributed by atoms with E-state index in [1.54, 1.807) is 13.8 Å². The number of thiazole rings is 1. The smallest absolute Gasteiger partial charge is 0.257 e. The number of carbonyl (C=O) groups excluding carboxylic acids is 1. The molecule has 0 fully saturated rings. The van der Waals surface area contributed by atoms with E-state index in [2.05, 4.69) is 15.0 Å². The normalized spacial score (nSPS) is 11.7. The summed E-state index contributed by atoms with van der Waals surface area (Å²) in [5.74, 6) is -0.320. The quantitative estimate of drug-likeness (QED) is 0.865. The van der Waals surface area contributed by atoms with Gasteiger partial charge in [0.05, 0.1) is 10.6 Å². The first-order valence-corrected chi connectivity index (χ1v) is 9.37. The van der Waals surface area contributed by atoms with Gasteiger partial charge in [0.2, 0.25) is 10.0 Å². The summed E-state index contributed by atoms with van der Waals surface area (Å²) < 4.78 is 26.6. The van der Waals surface area contributed by atoms with Crippen LogP contribution in [0.1, 0.15) is 34.8 Å². The lowest BCUT2D eigenvalue weighted by Crippen LogP contribution is -2.30. The van der Waals surface area contributed by atoms with Crippen molar-refractivity contribution in [1.29, 1.82) is 0 Å². The average molecular weight is 353 g/mol. The van der Waals surface area contributed by atoms with Gasteiger partial charge in [-0.2, -0.15) is 0 Å². The van der Waals surface area contributed by atoms with Gasteiger partial charge in [0.1, 0.15) is 0 Å². The molecule has 6 nitrogen and oxygen atoms in total. The van der Waals surface area contributed by atoms with Crippen LogP contribution in [0.2, 0.25) is 0 Å². The van der Waals surface area contributed by atoms with E-state index in [9.17, 15) is 13.2 Å². The van der Waals surface area contributed by atoms with E-state index >= 15 is 0 Å². The van der Waals surface area contributed by atoms with Gasteiger partial charge in [0.15, 0.2) is 5.13 Å². The Bertz CT molecular complexity index is 789. The maximum Gasteiger partial charge on any atom is 0.257 e. The molecule has 2 aromatic rings. The Labute approximate surface area is 140 Å². The molecule has 0 aliphatic carbocycles. The van der Waals surface area contributed by atoms with Crippen molar-refractivity contribution in [2.75, 3.05) is 5.32 Å². The van der Waals surface area contributed by atoms with E-state index in [1.807, 2.05) is 13.8 Å². The zero-order chi connectivity index (χ0) is 17.2. The Morgan fingerprint density at radius 1 is 1.17 bits per heavy atom. The third-order valence-corrected chi connectivity index (χ3v) is 5.73. The monoisotopic (exact) mass is 353 g/mol. The number of hydrogen-bond acceptors (Lipinski definition) is 5. The summed E-state index contributed by atoms with van der Waals surface area (Å²) in [7, 11) is -3.56. The summed E-state index contributed by atoms with van der Waals surface area (Å²) in [5.41, 5.74) is 1.26. The van der Waals surface area contributed by atoms with Gasteiger partial charge in [0.25, 0.3) is 5.91 Å². The average Bonchev–Trinajstić information content (AvgIpc) is 2.76. The van der Waals surface area contributed by atoms with Crippen molar-refractivity contribution < 1.29 is 13.2 Å². The molecule has 8 heteroatoms. The first-order chi connectivity index (χ1) is 10.7. The van der Waals surface area contributed by atoms with Crippen molar-refractivity contribution in [1.82, 2.24) is 9.71 Å². The van der Waals surface area contributed by atoms with Crippen molar-refractivity contribution in [2.24, 2.45) is 0 Å². The lowest BCUT2D eigenvalue weighted by Gasteiger charge is -2.10. The number of rotatable bonds is 5. The Morgan fingerprint density at radius 2 is 1.78 bits per heavy atom. The number of aryl methyl sites for hydroxylation is 2. The van der Waals surface area contributed by atoms with Crippen molar-refractivity contribution in [3.8, 4) is 0 Å². The third-order valence-electron chi connectivity index (χ3n) is 3.07. The molecule has 2 N–H and O–H groups in total. The number of carbonyl (C=O) groups is 1. The van der Waals surface area contributed by atoms with E-state index in [-0.39, 0.29) is 16.8 Å². The highest BCUT2D eigenvalue weighted by Crippen LogP contribution is 2.22. The lowest BCUT2D eigenvalue weighted by atomic mass is 10.2. The fourth-order valence-electron chi connectivity index (χ4n) is 1.86. The number of aromatic nitrogens is 1. The first-order valence-electron chi connectivity index (χ1n) is 7.07.